The number of benzene rings is 2. The van der Waals surface area contributed by atoms with Gasteiger partial charge in [0.05, 0.1) is 17.5 Å². The maximum atomic E-state index is 13.2. The number of nitrogens with one attached hydrogen (secondary N) is 1. The molecule has 0 radical (unpaired) electrons. The highest BCUT2D eigenvalue weighted by molar-refractivity contribution is 9.09. The summed E-state index contributed by atoms with van der Waals surface area (Å²) in [5.41, 5.74) is 2.20. The number of rotatable bonds is 8. The van der Waals surface area contributed by atoms with E-state index in [9.17, 15) is 14.4 Å². The third-order valence-corrected chi connectivity index (χ3v) is 7.26. The number of hydrogen-bond donors (Lipinski definition) is 1. The van der Waals surface area contributed by atoms with E-state index in [1.54, 1.807) is 24.3 Å². The van der Waals surface area contributed by atoms with Crippen molar-refractivity contribution in [3.8, 4) is 0 Å². The van der Waals surface area contributed by atoms with Crippen LogP contribution in [0.5, 0.6) is 0 Å². The fourth-order valence-electron chi connectivity index (χ4n) is 4.95. The average molecular weight is 529 g/mol. The van der Waals surface area contributed by atoms with Crippen LogP contribution in [0, 0.1) is 5.92 Å². The predicted molar refractivity (Wildman–Crippen MR) is 132 cm³/mol. The van der Waals surface area contributed by atoms with Gasteiger partial charge in [0, 0.05) is 30.6 Å². The highest BCUT2D eigenvalue weighted by Gasteiger charge is 2.51. The number of ether oxygens (including phenoxy) is 2. The van der Waals surface area contributed by atoms with Gasteiger partial charge >= 0.3 is 11.9 Å². The zero-order valence-electron chi connectivity index (χ0n) is 19.1. The fourth-order valence-corrected chi connectivity index (χ4v) is 5.09. The second-order valence-electron chi connectivity index (χ2n) is 8.83. The molecule has 2 aliphatic heterocycles. The van der Waals surface area contributed by atoms with Crippen molar-refractivity contribution in [2.75, 3.05) is 24.3 Å². The molecule has 1 N–H and O–H groups in total. The number of esters is 2. The molecule has 2 saturated heterocycles. The lowest BCUT2D eigenvalue weighted by molar-refractivity contribution is -0.159. The van der Waals surface area contributed by atoms with Crippen LogP contribution in [0.25, 0.3) is 0 Å². The van der Waals surface area contributed by atoms with E-state index >= 15 is 0 Å². The summed E-state index contributed by atoms with van der Waals surface area (Å²) in [6.07, 6.45) is 2.58. The Bertz CT molecular complexity index is 1010. The zero-order valence-corrected chi connectivity index (χ0v) is 20.7. The number of fused-ring (bicyclic) bond motifs is 2. The third kappa shape index (κ3) is 5.67. The monoisotopic (exact) mass is 528 g/mol. The highest BCUT2D eigenvalue weighted by atomic mass is 79.9. The molecule has 1 amide bonds. The maximum Gasteiger partial charge on any atom is 0.338 e. The first-order valence-corrected chi connectivity index (χ1v) is 12.7. The Morgan fingerprint density at radius 1 is 1.06 bits per heavy atom. The van der Waals surface area contributed by atoms with Gasteiger partial charge in [0.15, 0.2) is 0 Å². The Labute approximate surface area is 207 Å². The molecule has 0 aromatic heterocycles. The molecule has 0 aliphatic carbocycles. The smallest absolute Gasteiger partial charge is 0.338 e. The van der Waals surface area contributed by atoms with Crippen LogP contribution in [0.15, 0.2) is 54.6 Å². The number of alkyl halides is 1. The number of carbonyl (C=O) groups is 3. The van der Waals surface area contributed by atoms with Crippen molar-refractivity contribution in [2.45, 2.75) is 43.9 Å². The van der Waals surface area contributed by atoms with Crippen LogP contribution in [-0.4, -0.2) is 59.9 Å². The molecule has 34 heavy (non-hydrogen) atoms. The third-order valence-electron chi connectivity index (χ3n) is 6.75. The van der Waals surface area contributed by atoms with Gasteiger partial charge in [-0.3, -0.25) is 14.5 Å². The largest absolute Gasteiger partial charge is 0.465 e. The molecular formula is C26H29BrN2O5. The lowest BCUT2D eigenvalue weighted by Crippen LogP contribution is -2.53. The second kappa shape index (κ2) is 11.1. The van der Waals surface area contributed by atoms with E-state index < -0.39 is 18.0 Å². The van der Waals surface area contributed by atoms with E-state index in [0.717, 1.165) is 18.4 Å². The Hall–Kier alpha value is -2.71. The number of nitrogens with zero attached hydrogens (tertiary/aromatic N) is 1. The number of anilines is 1. The van der Waals surface area contributed by atoms with Crippen molar-refractivity contribution in [1.29, 1.82) is 0 Å². The summed E-state index contributed by atoms with van der Waals surface area (Å²) < 4.78 is 11.5. The topological polar surface area (TPSA) is 84.9 Å². The predicted octanol–water partition coefficient (Wildman–Crippen LogP) is 3.81. The Morgan fingerprint density at radius 2 is 1.79 bits per heavy atom. The van der Waals surface area contributed by atoms with Crippen LogP contribution in [-0.2, 0) is 25.5 Å². The number of carbonyl (C=O) groups excluding carboxylic acids is 3. The first-order valence-electron chi connectivity index (χ1n) is 11.6. The summed E-state index contributed by atoms with van der Waals surface area (Å²) in [6, 6.07) is 16.6. The van der Waals surface area contributed by atoms with Crippen LogP contribution in [0.1, 0.15) is 35.2 Å². The number of hydrogen-bond acceptors (Lipinski definition) is 6. The van der Waals surface area contributed by atoms with Crippen molar-refractivity contribution >= 4 is 39.5 Å². The van der Waals surface area contributed by atoms with E-state index in [2.05, 4.69) is 26.1 Å². The molecule has 2 fully saturated rings. The van der Waals surface area contributed by atoms with Gasteiger partial charge in [0.2, 0.25) is 5.91 Å². The molecular weight excluding hydrogens is 500 g/mol. The quantitative estimate of drug-likeness (QED) is 0.414. The van der Waals surface area contributed by atoms with Gasteiger partial charge in [-0.25, -0.2) is 4.79 Å². The molecule has 2 aromatic rings. The standard InChI is InChI=1S/C26H29BrN2O5/c1-29-20-11-12-21(29)24(22(15-20)34-25(31)18-5-3-2-4-6-18)26(32)33-14-13-17-7-9-19(10-8-17)28-23(30)16-27/h2-10,20-22,24H,11-16H2,1H3,(H,28,30)/t20?,21?,22-,24+/m0/s1. The Balaban J connectivity index is 1.36. The first kappa shape index (κ1) is 24.4. The van der Waals surface area contributed by atoms with E-state index in [-0.39, 0.29) is 29.9 Å². The lowest BCUT2D eigenvalue weighted by Gasteiger charge is -2.40. The summed E-state index contributed by atoms with van der Waals surface area (Å²) in [7, 11) is 2.04. The average Bonchev–Trinajstić information content (AvgIpc) is 3.08. The van der Waals surface area contributed by atoms with Gasteiger partial charge in [-0.1, -0.05) is 46.3 Å². The van der Waals surface area contributed by atoms with Gasteiger partial charge in [0.25, 0.3) is 0 Å². The molecule has 180 valence electrons. The molecule has 2 bridgehead atoms. The molecule has 4 atom stereocenters. The Kier molecular flexibility index (Phi) is 8.00. The first-order chi connectivity index (χ1) is 16.5. The molecule has 8 heteroatoms. The van der Waals surface area contributed by atoms with Gasteiger partial charge in [-0.15, -0.1) is 0 Å². The Morgan fingerprint density at radius 3 is 2.50 bits per heavy atom. The molecule has 0 spiro atoms. The molecule has 2 aliphatic rings. The summed E-state index contributed by atoms with van der Waals surface area (Å²) in [5.74, 6) is -1.34. The molecule has 0 saturated carbocycles. The minimum absolute atomic E-state index is 0.0113. The normalized spacial score (nSPS) is 23.8. The van der Waals surface area contributed by atoms with Gasteiger partial charge in [-0.2, -0.15) is 0 Å². The van der Waals surface area contributed by atoms with Crippen molar-refractivity contribution in [3.05, 3.63) is 65.7 Å². The van der Waals surface area contributed by atoms with Crippen molar-refractivity contribution < 1.29 is 23.9 Å². The molecule has 2 unspecified atom stereocenters. The minimum Gasteiger partial charge on any atom is -0.465 e. The summed E-state index contributed by atoms with van der Waals surface area (Å²) >= 11 is 3.12. The molecule has 2 aromatic carbocycles. The van der Waals surface area contributed by atoms with Crippen LogP contribution in [0.3, 0.4) is 0 Å². The van der Waals surface area contributed by atoms with Crippen LogP contribution >= 0.6 is 15.9 Å². The van der Waals surface area contributed by atoms with Gasteiger partial charge < -0.3 is 14.8 Å². The van der Waals surface area contributed by atoms with E-state index in [0.29, 0.717) is 30.1 Å². The maximum absolute atomic E-state index is 13.2. The summed E-state index contributed by atoms with van der Waals surface area (Å²) in [4.78, 5) is 39.6. The van der Waals surface area contributed by atoms with E-state index in [1.807, 2.05) is 37.4 Å². The van der Waals surface area contributed by atoms with Crippen molar-refractivity contribution in [1.82, 2.24) is 4.90 Å². The summed E-state index contributed by atoms with van der Waals surface area (Å²) in [6.45, 7) is 0.238. The summed E-state index contributed by atoms with van der Waals surface area (Å²) in [5, 5.41) is 3.01. The van der Waals surface area contributed by atoms with E-state index in [1.165, 1.54) is 0 Å². The van der Waals surface area contributed by atoms with Gasteiger partial charge in [0.1, 0.15) is 12.0 Å². The fraction of sp³-hybridized carbons (Fsp3) is 0.423. The van der Waals surface area contributed by atoms with Crippen molar-refractivity contribution in [2.24, 2.45) is 5.92 Å². The van der Waals surface area contributed by atoms with Crippen LogP contribution in [0.4, 0.5) is 5.69 Å². The van der Waals surface area contributed by atoms with Crippen molar-refractivity contribution in [3.63, 3.8) is 0 Å². The van der Waals surface area contributed by atoms with E-state index in [4.69, 9.17) is 9.47 Å². The zero-order chi connectivity index (χ0) is 24.1. The van der Waals surface area contributed by atoms with Crippen LogP contribution in [0.2, 0.25) is 0 Å². The molecule has 2 heterocycles. The minimum atomic E-state index is -0.502. The lowest BCUT2D eigenvalue weighted by atomic mass is 9.87. The highest BCUT2D eigenvalue weighted by Crippen LogP contribution is 2.40. The molecule has 7 nitrogen and oxygen atoms in total. The van der Waals surface area contributed by atoms with Crippen LogP contribution < -0.4 is 5.32 Å². The SMILES string of the molecule is CN1C2CCC1[C@@H](C(=O)OCCc1ccc(NC(=O)CBr)cc1)[C@@H](OC(=O)c1ccccc1)C2. The number of halogens is 1. The number of piperidine rings is 1. The van der Waals surface area contributed by atoms with Gasteiger partial charge in [-0.05, 0) is 49.7 Å². The number of amides is 1. The second-order valence-corrected chi connectivity index (χ2v) is 9.39. The molecule has 4 rings (SSSR count).